The maximum Gasteiger partial charge on any atom is 0.313 e. The predicted octanol–water partition coefficient (Wildman–Crippen LogP) is 2.94. The fourth-order valence-electron chi connectivity index (χ4n) is 2.71. The van der Waals surface area contributed by atoms with Crippen molar-refractivity contribution < 1.29 is 14.7 Å². The summed E-state index contributed by atoms with van der Waals surface area (Å²) in [6.07, 6.45) is -0.893. The van der Waals surface area contributed by atoms with E-state index < -0.39 is 17.9 Å². The van der Waals surface area contributed by atoms with Gasteiger partial charge >= 0.3 is 11.8 Å². The van der Waals surface area contributed by atoms with E-state index in [4.69, 9.17) is 0 Å². The van der Waals surface area contributed by atoms with E-state index in [9.17, 15) is 14.7 Å². The molecule has 1 atom stereocenters. The van der Waals surface area contributed by atoms with Gasteiger partial charge in [-0.2, -0.15) is 0 Å². The number of anilines is 1. The highest BCUT2D eigenvalue weighted by molar-refractivity contribution is 6.39. The Balaban J connectivity index is 1.58. The van der Waals surface area contributed by atoms with Gasteiger partial charge in [-0.25, -0.2) is 0 Å². The van der Waals surface area contributed by atoms with Crippen LogP contribution in [0.15, 0.2) is 66.7 Å². The smallest absolute Gasteiger partial charge is 0.313 e. The number of nitrogens with one attached hydrogen (secondary N) is 2. The summed E-state index contributed by atoms with van der Waals surface area (Å²) in [7, 11) is 0. The predicted molar refractivity (Wildman–Crippen MR) is 102 cm³/mol. The van der Waals surface area contributed by atoms with Gasteiger partial charge in [-0.1, -0.05) is 48.5 Å². The maximum absolute atomic E-state index is 11.9. The molecular formula is C21H20N2O3. The minimum Gasteiger partial charge on any atom is -0.387 e. The number of carbonyl (C=O) groups is 2. The van der Waals surface area contributed by atoms with Crippen molar-refractivity contribution in [1.82, 2.24) is 5.32 Å². The highest BCUT2D eigenvalue weighted by Gasteiger charge is 2.16. The van der Waals surface area contributed by atoms with Gasteiger partial charge < -0.3 is 15.7 Å². The van der Waals surface area contributed by atoms with Gasteiger partial charge in [0.25, 0.3) is 0 Å². The van der Waals surface area contributed by atoms with Crippen molar-refractivity contribution in [3.05, 3.63) is 77.9 Å². The van der Waals surface area contributed by atoms with Gasteiger partial charge in [0.05, 0.1) is 6.10 Å². The summed E-state index contributed by atoms with van der Waals surface area (Å²) in [6.45, 7) is 1.86. The number of aliphatic hydroxyl groups is 1. The number of carbonyl (C=O) groups excluding carboxylic acids is 2. The molecule has 0 saturated carbocycles. The molecule has 3 aromatic carbocycles. The fourth-order valence-corrected chi connectivity index (χ4v) is 2.71. The number of hydrogen-bond acceptors (Lipinski definition) is 3. The second-order valence-electron chi connectivity index (χ2n) is 6.16. The Morgan fingerprint density at radius 2 is 1.69 bits per heavy atom. The van der Waals surface area contributed by atoms with Crippen LogP contribution in [0.5, 0.6) is 0 Å². The van der Waals surface area contributed by atoms with Crippen LogP contribution in [0.2, 0.25) is 0 Å². The molecule has 0 spiro atoms. The summed E-state index contributed by atoms with van der Waals surface area (Å²) in [5.41, 5.74) is 2.22. The quantitative estimate of drug-likeness (QED) is 0.634. The van der Waals surface area contributed by atoms with Crippen molar-refractivity contribution >= 4 is 28.3 Å². The molecule has 0 heterocycles. The number of hydrogen-bond donors (Lipinski definition) is 3. The Morgan fingerprint density at radius 1 is 0.923 bits per heavy atom. The summed E-state index contributed by atoms with van der Waals surface area (Å²) in [5, 5.41) is 17.4. The summed E-state index contributed by atoms with van der Waals surface area (Å²) in [4.78, 5) is 23.9. The molecule has 5 nitrogen and oxygen atoms in total. The lowest BCUT2D eigenvalue weighted by atomic mass is 10.0. The normalized spacial score (nSPS) is 11.8. The number of amides is 2. The minimum atomic E-state index is -0.893. The van der Waals surface area contributed by atoms with E-state index in [1.54, 1.807) is 18.2 Å². The molecule has 132 valence electrons. The van der Waals surface area contributed by atoms with E-state index in [0.717, 1.165) is 16.3 Å². The van der Waals surface area contributed by atoms with E-state index in [0.29, 0.717) is 11.3 Å². The second kappa shape index (κ2) is 7.80. The molecule has 2 amide bonds. The zero-order chi connectivity index (χ0) is 18.5. The molecule has 0 aliphatic heterocycles. The van der Waals surface area contributed by atoms with Crippen LogP contribution in [0.4, 0.5) is 5.69 Å². The zero-order valence-electron chi connectivity index (χ0n) is 14.4. The van der Waals surface area contributed by atoms with Gasteiger partial charge in [0.1, 0.15) is 0 Å². The third-order valence-electron chi connectivity index (χ3n) is 4.10. The minimum absolute atomic E-state index is 0.0432. The van der Waals surface area contributed by atoms with E-state index in [-0.39, 0.29) is 6.54 Å². The van der Waals surface area contributed by atoms with Crippen LogP contribution in [0.3, 0.4) is 0 Å². The van der Waals surface area contributed by atoms with E-state index in [1.807, 2.05) is 55.5 Å². The van der Waals surface area contributed by atoms with Crippen molar-refractivity contribution in [3.63, 3.8) is 0 Å². The summed E-state index contributed by atoms with van der Waals surface area (Å²) < 4.78 is 0. The van der Waals surface area contributed by atoms with Gasteiger partial charge in [0, 0.05) is 12.2 Å². The van der Waals surface area contributed by atoms with Crippen LogP contribution >= 0.6 is 0 Å². The van der Waals surface area contributed by atoms with Gasteiger partial charge in [0.15, 0.2) is 0 Å². The van der Waals surface area contributed by atoms with Crippen molar-refractivity contribution in [2.75, 3.05) is 11.9 Å². The largest absolute Gasteiger partial charge is 0.387 e. The van der Waals surface area contributed by atoms with E-state index >= 15 is 0 Å². The Bertz CT molecular complexity index is 953. The van der Waals surface area contributed by atoms with E-state index in [1.165, 1.54) is 0 Å². The first-order valence-electron chi connectivity index (χ1n) is 8.35. The third kappa shape index (κ3) is 4.26. The average Bonchev–Trinajstić information content (AvgIpc) is 2.65. The third-order valence-corrected chi connectivity index (χ3v) is 4.10. The SMILES string of the molecule is Cc1cccc(NC(=O)C(=O)NCC(O)c2ccc3ccccc3c2)c1. The molecule has 3 N–H and O–H groups in total. The number of fused-ring (bicyclic) bond motifs is 1. The Morgan fingerprint density at radius 3 is 2.46 bits per heavy atom. The molecular weight excluding hydrogens is 328 g/mol. The number of aryl methyl sites for hydroxylation is 1. The van der Waals surface area contributed by atoms with Crippen molar-refractivity contribution in [2.24, 2.45) is 0 Å². The Kier molecular flexibility index (Phi) is 5.29. The van der Waals surface area contributed by atoms with Gasteiger partial charge in [-0.3, -0.25) is 9.59 Å². The van der Waals surface area contributed by atoms with Gasteiger partial charge in [0.2, 0.25) is 0 Å². The van der Waals surface area contributed by atoms with Crippen molar-refractivity contribution in [3.8, 4) is 0 Å². The first kappa shape index (κ1) is 17.6. The van der Waals surface area contributed by atoms with Crippen LogP contribution in [0.25, 0.3) is 10.8 Å². The first-order valence-corrected chi connectivity index (χ1v) is 8.35. The van der Waals surface area contributed by atoms with Crippen LogP contribution in [-0.4, -0.2) is 23.5 Å². The second-order valence-corrected chi connectivity index (χ2v) is 6.16. The molecule has 0 aliphatic carbocycles. The fraction of sp³-hybridized carbons (Fsp3) is 0.143. The van der Waals surface area contributed by atoms with Gasteiger partial charge in [-0.15, -0.1) is 0 Å². The highest BCUT2D eigenvalue weighted by atomic mass is 16.3. The van der Waals surface area contributed by atoms with Crippen LogP contribution < -0.4 is 10.6 Å². The molecule has 1 unspecified atom stereocenters. The molecule has 5 heteroatoms. The van der Waals surface area contributed by atoms with Crippen LogP contribution in [0.1, 0.15) is 17.2 Å². The standard InChI is InChI=1S/C21H20N2O3/c1-14-5-4-8-18(11-14)23-21(26)20(25)22-13-19(24)17-10-9-15-6-2-3-7-16(15)12-17/h2-12,19,24H,13H2,1H3,(H,22,25)(H,23,26). The zero-order valence-corrected chi connectivity index (χ0v) is 14.4. The molecule has 0 radical (unpaired) electrons. The molecule has 0 fully saturated rings. The summed E-state index contributed by atoms with van der Waals surface area (Å²) in [6, 6.07) is 20.6. The topological polar surface area (TPSA) is 78.4 Å². The lowest BCUT2D eigenvalue weighted by molar-refractivity contribution is -0.136. The molecule has 3 aromatic rings. The molecule has 3 rings (SSSR count). The first-order chi connectivity index (χ1) is 12.5. The summed E-state index contributed by atoms with van der Waals surface area (Å²) >= 11 is 0. The monoisotopic (exact) mass is 348 g/mol. The van der Waals surface area contributed by atoms with Crippen molar-refractivity contribution in [2.45, 2.75) is 13.0 Å². The van der Waals surface area contributed by atoms with Gasteiger partial charge in [-0.05, 0) is 47.0 Å². The number of aliphatic hydroxyl groups excluding tert-OH is 1. The Hall–Kier alpha value is -3.18. The number of benzene rings is 3. The van der Waals surface area contributed by atoms with Crippen LogP contribution in [0, 0.1) is 6.92 Å². The molecule has 26 heavy (non-hydrogen) atoms. The highest BCUT2D eigenvalue weighted by Crippen LogP contribution is 2.20. The maximum atomic E-state index is 11.9. The van der Waals surface area contributed by atoms with Crippen LogP contribution in [-0.2, 0) is 9.59 Å². The Labute approximate surface area is 151 Å². The summed E-state index contributed by atoms with van der Waals surface area (Å²) in [5.74, 6) is -1.55. The molecule has 0 aromatic heterocycles. The van der Waals surface area contributed by atoms with Crippen molar-refractivity contribution in [1.29, 1.82) is 0 Å². The molecule has 0 bridgehead atoms. The average molecular weight is 348 g/mol. The molecule has 0 aliphatic rings. The lowest BCUT2D eigenvalue weighted by Crippen LogP contribution is -2.37. The molecule has 0 saturated heterocycles. The van der Waals surface area contributed by atoms with E-state index in [2.05, 4.69) is 10.6 Å². The lowest BCUT2D eigenvalue weighted by Gasteiger charge is -2.13. The number of rotatable bonds is 4.